The van der Waals surface area contributed by atoms with Crippen molar-refractivity contribution in [3.63, 3.8) is 0 Å². The number of nitrogens with one attached hydrogen (secondary N) is 2. The Labute approximate surface area is 114 Å². The van der Waals surface area contributed by atoms with Crippen molar-refractivity contribution in [1.82, 2.24) is 15.5 Å². The Kier molecular flexibility index (Phi) is 2.85. The first-order valence-electron chi connectivity index (χ1n) is 7.28. The molecule has 1 saturated carbocycles. The van der Waals surface area contributed by atoms with E-state index < -0.39 is 5.54 Å². The Hall–Kier alpha value is -1.10. The van der Waals surface area contributed by atoms with Crippen LogP contribution in [0.5, 0.6) is 0 Å². The Morgan fingerprint density at radius 3 is 2.63 bits per heavy atom. The minimum Gasteiger partial charge on any atom is -0.352 e. The highest BCUT2D eigenvalue weighted by Crippen LogP contribution is 2.59. The Bertz CT molecular complexity index is 413. The number of piperazine rings is 1. The fraction of sp³-hybridized carbons (Fsp3) is 0.857. The molecule has 106 valence electrons. The van der Waals surface area contributed by atoms with Crippen molar-refractivity contribution in [2.75, 3.05) is 26.2 Å². The van der Waals surface area contributed by atoms with E-state index in [-0.39, 0.29) is 23.1 Å². The van der Waals surface area contributed by atoms with E-state index in [4.69, 9.17) is 0 Å². The lowest BCUT2D eigenvalue weighted by Crippen LogP contribution is -2.63. The van der Waals surface area contributed by atoms with Crippen LogP contribution < -0.4 is 10.6 Å². The van der Waals surface area contributed by atoms with Gasteiger partial charge in [-0.2, -0.15) is 0 Å². The number of piperidine rings is 1. The number of carbonyl (C=O) groups excluding carboxylic acids is 2. The second-order valence-electron chi connectivity index (χ2n) is 6.67. The van der Waals surface area contributed by atoms with Gasteiger partial charge in [0, 0.05) is 19.0 Å². The maximum absolute atomic E-state index is 12.7. The molecular formula is C14H23N3O2. The third-order valence-electron chi connectivity index (χ3n) is 5.20. The Morgan fingerprint density at radius 1 is 1.26 bits per heavy atom. The molecule has 3 rings (SSSR count). The first-order valence-corrected chi connectivity index (χ1v) is 7.28. The van der Waals surface area contributed by atoms with Gasteiger partial charge < -0.3 is 15.5 Å². The summed E-state index contributed by atoms with van der Waals surface area (Å²) >= 11 is 0. The van der Waals surface area contributed by atoms with Gasteiger partial charge >= 0.3 is 0 Å². The van der Waals surface area contributed by atoms with Crippen molar-refractivity contribution >= 4 is 11.8 Å². The molecule has 3 fully saturated rings. The highest BCUT2D eigenvalue weighted by Gasteiger charge is 2.60. The number of hydrogen-bond donors (Lipinski definition) is 2. The monoisotopic (exact) mass is 265 g/mol. The summed E-state index contributed by atoms with van der Waals surface area (Å²) < 4.78 is 0. The molecule has 1 spiro atoms. The molecule has 5 nitrogen and oxygen atoms in total. The summed E-state index contributed by atoms with van der Waals surface area (Å²) in [7, 11) is 0. The Morgan fingerprint density at radius 2 is 1.95 bits per heavy atom. The summed E-state index contributed by atoms with van der Waals surface area (Å²) in [4.78, 5) is 26.4. The lowest BCUT2D eigenvalue weighted by molar-refractivity contribution is -0.150. The van der Waals surface area contributed by atoms with Crippen LogP contribution in [0.2, 0.25) is 0 Å². The minimum absolute atomic E-state index is 0.0351. The van der Waals surface area contributed by atoms with E-state index in [9.17, 15) is 9.59 Å². The van der Waals surface area contributed by atoms with Crippen molar-refractivity contribution < 1.29 is 9.59 Å². The number of hydrogen-bond acceptors (Lipinski definition) is 3. The van der Waals surface area contributed by atoms with Crippen molar-refractivity contribution in [2.24, 2.45) is 11.3 Å². The fourth-order valence-corrected chi connectivity index (χ4v) is 3.65. The summed E-state index contributed by atoms with van der Waals surface area (Å²) in [5.41, 5.74) is -0.460. The molecule has 0 bridgehead atoms. The van der Waals surface area contributed by atoms with Crippen LogP contribution in [0, 0.1) is 11.3 Å². The van der Waals surface area contributed by atoms with E-state index in [1.165, 1.54) is 0 Å². The highest BCUT2D eigenvalue weighted by molar-refractivity contribution is 5.93. The third-order valence-corrected chi connectivity index (χ3v) is 5.20. The van der Waals surface area contributed by atoms with Crippen molar-refractivity contribution in [3.8, 4) is 0 Å². The van der Waals surface area contributed by atoms with Crippen LogP contribution in [0.3, 0.4) is 0 Å². The van der Waals surface area contributed by atoms with Crippen molar-refractivity contribution in [2.45, 2.75) is 38.6 Å². The van der Waals surface area contributed by atoms with Crippen LogP contribution >= 0.6 is 0 Å². The zero-order valence-electron chi connectivity index (χ0n) is 11.8. The molecule has 0 aromatic carbocycles. The highest BCUT2D eigenvalue weighted by atomic mass is 16.2. The van der Waals surface area contributed by atoms with Gasteiger partial charge in [-0.1, -0.05) is 0 Å². The van der Waals surface area contributed by atoms with Gasteiger partial charge in [0.05, 0.1) is 0 Å². The zero-order valence-corrected chi connectivity index (χ0v) is 11.8. The quantitative estimate of drug-likeness (QED) is 0.707. The van der Waals surface area contributed by atoms with Crippen LogP contribution in [-0.2, 0) is 9.59 Å². The summed E-state index contributed by atoms with van der Waals surface area (Å²) in [5.74, 6) is 0.314. The minimum atomic E-state index is -0.702. The van der Waals surface area contributed by atoms with Gasteiger partial charge in [0.15, 0.2) is 0 Å². The number of nitrogens with zero attached hydrogens (tertiary/aromatic N) is 1. The predicted molar refractivity (Wildman–Crippen MR) is 71.4 cm³/mol. The lowest BCUT2D eigenvalue weighted by Gasteiger charge is -2.41. The first-order chi connectivity index (χ1) is 8.97. The molecule has 0 aromatic heterocycles. The summed E-state index contributed by atoms with van der Waals surface area (Å²) in [6, 6.07) is 0. The number of carbonyl (C=O) groups is 2. The van der Waals surface area contributed by atoms with Gasteiger partial charge in [0.1, 0.15) is 5.54 Å². The summed E-state index contributed by atoms with van der Waals surface area (Å²) in [5, 5.41) is 6.20. The van der Waals surface area contributed by atoms with Gasteiger partial charge in [-0.25, -0.2) is 0 Å². The molecule has 1 aliphatic carbocycles. The second-order valence-corrected chi connectivity index (χ2v) is 6.67. The van der Waals surface area contributed by atoms with Crippen LogP contribution in [0.25, 0.3) is 0 Å². The second kappa shape index (κ2) is 4.20. The molecule has 0 aromatic rings. The molecular weight excluding hydrogens is 242 g/mol. The van der Waals surface area contributed by atoms with Gasteiger partial charge in [0.25, 0.3) is 0 Å². The van der Waals surface area contributed by atoms with E-state index in [1.54, 1.807) is 4.90 Å². The zero-order chi connectivity index (χ0) is 13.7. The Balaban J connectivity index is 1.73. The van der Waals surface area contributed by atoms with E-state index in [0.717, 1.165) is 32.4 Å². The van der Waals surface area contributed by atoms with Crippen molar-refractivity contribution in [1.29, 1.82) is 0 Å². The van der Waals surface area contributed by atoms with E-state index in [1.807, 2.05) is 13.8 Å². The van der Waals surface area contributed by atoms with Crippen LogP contribution in [0.15, 0.2) is 0 Å². The molecule has 2 heterocycles. The smallest absolute Gasteiger partial charge is 0.245 e. The maximum Gasteiger partial charge on any atom is 0.245 e. The molecule has 1 unspecified atom stereocenters. The largest absolute Gasteiger partial charge is 0.352 e. The summed E-state index contributed by atoms with van der Waals surface area (Å²) in [6.45, 7) is 6.95. The standard InChI is InChI=1S/C14H23N3O2/c1-13(2)12(19)16-7-8-17(13)11(18)10-9-14(10)3-5-15-6-4-14/h10,15H,3-9H2,1-2H3,(H,16,19). The summed E-state index contributed by atoms with van der Waals surface area (Å²) in [6.07, 6.45) is 3.22. The van der Waals surface area contributed by atoms with E-state index in [2.05, 4.69) is 10.6 Å². The molecule has 5 heteroatoms. The van der Waals surface area contributed by atoms with Crippen LogP contribution in [-0.4, -0.2) is 48.4 Å². The molecule has 3 aliphatic rings. The molecule has 2 amide bonds. The average molecular weight is 265 g/mol. The number of amides is 2. The van der Waals surface area contributed by atoms with Crippen LogP contribution in [0.1, 0.15) is 33.1 Å². The SMILES string of the molecule is CC1(C)C(=O)NCCN1C(=O)C1CC12CCNCC2. The molecule has 2 N–H and O–H groups in total. The molecule has 2 saturated heterocycles. The van der Waals surface area contributed by atoms with Crippen LogP contribution in [0.4, 0.5) is 0 Å². The maximum atomic E-state index is 12.7. The van der Waals surface area contributed by atoms with Gasteiger partial charge in [-0.15, -0.1) is 0 Å². The van der Waals surface area contributed by atoms with Gasteiger partial charge in [-0.05, 0) is 51.6 Å². The predicted octanol–water partition coefficient (Wildman–Crippen LogP) is 0.113. The third kappa shape index (κ3) is 1.95. The number of rotatable bonds is 1. The van der Waals surface area contributed by atoms with E-state index >= 15 is 0 Å². The van der Waals surface area contributed by atoms with Gasteiger partial charge in [0.2, 0.25) is 11.8 Å². The first kappa shape index (κ1) is 12.9. The average Bonchev–Trinajstić information content (AvgIpc) is 3.06. The lowest BCUT2D eigenvalue weighted by atomic mass is 9.90. The normalized spacial score (nSPS) is 32.0. The topological polar surface area (TPSA) is 61.4 Å². The molecule has 2 aliphatic heterocycles. The molecule has 19 heavy (non-hydrogen) atoms. The van der Waals surface area contributed by atoms with E-state index in [0.29, 0.717) is 13.1 Å². The molecule has 0 radical (unpaired) electrons. The molecule has 1 atom stereocenters. The van der Waals surface area contributed by atoms with Gasteiger partial charge in [-0.3, -0.25) is 9.59 Å². The van der Waals surface area contributed by atoms with Crippen molar-refractivity contribution in [3.05, 3.63) is 0 Å². The fourth-order valence-electron chi connectivity index (χ4n) is 3.65.